The monoisotopic (exact) mass is 328 g/mol. The highest BCUT2D eigenvalue weighted by atomic mass is 16.1. The molecule has 3 fully saturated rings. The fourth-order valence-corrected chi connectivity index (χ4v) is 6.80. The lowest BCUT2D eigenvalue weighted by molar-refractivity contribution is -0.139. The van der Waals surface area contributed by atoms with Gasteiger partial charge in [-0.05, 0) is 55.3 Å². The van der Waals surface area contributed by atoms with Crippen LogP contribution in [0.2, 0.25) is 0 Å². The van der Waals surface area contributed by atoms with E-state index in [2.05, 4.69) is 19.9 Å². The average Bonchev–Trinajstić information content (AvgIpc) is 2.87. The Morgan fingerprint density at radius 1 is 1.17 bits per heavy atom. The number of allylic oxidation sites excluding steroid dienone is 2. The Balaban J connectivity index is 1.75. The van der Waals surface area contributed by atoms with E-state index in [1.165, 1.54) is 5.57 Å². The molecule has 0 amide bonds. The first kappa shape index (κ1) is 16.2. The van der Waals surface area contributed by atoms with Gasteiger partial charge in [-0.15, -0.1) is 0 Å². The molecule has 4 aliphatic carbocycles. The molecule has 0 radical (unpaired) electrons. The second-order valence-corrected chi connectivity index (χ2v) is 9.21. The quantitative estimate of drug-likeness (QED) is 0.686. The summed E-state index contributed by atoms with van der Waals surface area (Å²) in [6.45, 7) is 6.22. The van der Waals surface area contributed by atoms with Crippen LogP contribution in [0.5, 0.6) is 0 Å². The molecular weight excluding hydrogens is 300 g/mol. The minimum Gasteiger partial charge on any atom is -0.300 e. The van der Waals surface area contributed by atoms with Crippen LogP contribution in [0.1, 0.15) is 65.7 Å². The predicted molar refractivity (Wildman–Crippen MR) is 91.3 cm³/mol. The van der Waals surface area contributed by atoms with Crippen LogP contribution in [0.4, 0.5) is 0 Å². The highest BCUT2D eigenvalue weighted by Crippen LogP contribution is 2.64. The van der Waals surface area contributed by atoms with Gasteiger partial charge in [0.2, 0.25) is 0 Å². The summed E-state index contributed by atoms with van der Waals surface area (Å²) in [5, 5.41) is 0. The Hall–Kier alpha value is -1.25. The number of Topliss-reactive ketones (excluding diaryl/α,β-unsaturated/α-hetero) is 3. The maximum absolute atomic E-state index is 12.9. The van der Waals surface area contributed by atoms with E-state index in [9.17, 15) is 14.4 Å². The van der Waals surface area contributed by atoms with Crippen molar-refractivity contribution >= 4 is 17.3 Å². The number of fused-ring (bicyclic) bond motifs is 5. The second-order valence-electron chi connectivity index (χ2n) is 9.21. The fraction of sp³-hybridized carbons (Fsp3) is 0.762. The Morgan fingerprint density at radius 3 is 2.62 bits per heavy atom. The van der Waals surface area contributed by atoms with Gasteiger partial charge in [0.15, 0.2) is 0 Å². The molecule has 0 heterocycles. The number of rotatable bonds is 1. The zero-order valence-corrected chi connectivity index (χ0v) is 15.1. The molecule has 130 valence electrons. The van der Waals surface area contributed by atoms with Crippen molar-refractivity contribution in [2.24, 2.45) is 34.5 Å². The molecule has 0 N–H and O–H groups in total. The molecule has 0 aromatic carbocycles. The lowest BCUT2D eigenvalue weighted by Gasteiger charge is -2.55. The molecule has 4 aliphatic rings. The molecule has 3 saturated carbocycles. The van der Waals surface area contributed by atoms with Crippen LogP contribution < -0.4 is 0 Å². The summed E-state index contributed by atoms with van der Waals surface area (Å²) in [6.07, 6.45) is 7.83. The summed E-state index contributed by atoms with van der Waals surface area (Å²) in [4.78, 5) is 36.9. The zero-order valence-electron chi connectivity index (χ0n) is 15.1. The largest absolute Gasteiger partial charge is 0.300 e. The van der Waals surface area contributed by atoms with E-state index in [-0.39, 0.29) is 28.4 Å². The Bertz CT molecular complexity index is 660. The van der Waals surface area contributed by atoms with Gasteiger partial charge in [-0.1, -0.05) is 25.5 Å². The van der Waals surface area contributed by atoms with E-state index < -0.39 is 0 Å². The smallest absolute Gasteiger partial charge is 0.137 e. The maximum Gasteiger partial charge on any atom is 0.137 e. The fourth-order valence-electron chi connectivity index (χ4n) is 6.80. The van der Waals surface area contributed by atoms with Crippen LogP contribution in [-0.2, 0) is 14.4 Å². The van der Waals surface area contributed by atoms with Gasteiger partial charge in [0, 0.05) is 31.1 Å². The third-order valence-electron chi connectivity index (χ3n) is 8.14. The van der Waals surface area contributed by atoms with Gasteiger partial charge in [0.1, 0.15) is 17.3 Å². The topological polar surface area (TPSA) is 51.2 Å². The highest BCUT2D eigenvalue weighted by Gasteiger charge is 2.59. The normalized spacial score (nSPS) is 47.5. The summed E-state index contributed by atoms with van der Waals surface area (Å²) in [7, 11) is 0. The van der Waals surface area contributed by atoms with Crippen molar-refractivity contribution in [1.29, 1.82) is 0 Å². The van der Waals surface area contributed by atoms with Crippen LogP contribution >= 0.6 is 0 Å². The molecule has 0 unspecified atom stereocenters. The molecule has 3 nitrogen and oxygen atoms in total. The van der Waals surface area contributed by atoms with Crippen LogP contribution in [0.25, 0.3) is 0 Å². The van der Waals surface area contributed by atoms with Gasteiger partial charge >= 0.3 is 0 Å². The third kappa shape index (κ3) is 1.99. The minimum absolute atomic E-state index is 0.0218. The van der Waals surface area contributed by atoms with E-state index in [4.69, 9.17) is 0 Å². The standard InChI is InChI=1S/C21H28O3/c1-12(22)15-4-5-16-14-11-19(24)18-10-13(23)6-8-21(18,3)17(14)7-9-20(15,16)2/h7,14-16,18H,4-6,8-11H2,1-3H3/t14-,15+,16-,18+,20+,21+/m0/s1. The summed E-state index contributed by atoms with van der Waals surface area (Å²) < 4.78 is 0. The summed E-state index contributed by atoms with van der Waals surface area (Å²) >= 11 is 0. The molecule has 0 aromatic heterocycles. The van der Waals surface area contributed by atoms with Crippen LogP contribution in [0.3, 0.4) is 0 Å². The molecule has 0 aromatic rings. The predicted octanol–water partition coefficient (Wildman–Crippen LogP) is 3.90. The van der Waals surface area contributed by atoms with Gasteiger partial charge in [0.25, 0.3) is 0 Å². The lowest BCUT2D eigenvalue weighted by Crippen LogP contribution is -2.51. The SMILES string of the molecule is CC(=O)[C@H]1CC[C@H]2[C@@H]3CC(=O)[C@H]4CC(=O)CC[C@]4(C)C3=CC[C@]12C. The van der Waals surface area contributed by atoms with E-state index in [0.717, 1.165) is 25.7 Å². The summed E-state index contributed by atoms with van der Waals surface area (Å²) in [5.41, 5.74) is 1.35. The number of hydrogen-bond acceptors (Lipinski definition) is 3. The molecule has 6 atom stereocenters. The van der Waals surface area contributed by atoms with Crippen molar-refractivity contribution in [3.63, 3.8) is 0 Å². The van der Waals surface area contributed by atoms with E-state index in [1.807, 2.05) is 0 Å². The van der Waals surface area contributed by atoms with Crippen molar-refractivity contribution in [3.8, 4) is 0 Å². The van der Waals surface area contributed by atoms with Crippen molar-refractivity contribution in [2.75, 3.05) is 0 Å². The average molecular weight is 328 g/mol. The summed E-state index contributed by atoms with van der Waals surface area (Å²) in [5.74, 6) is 1.66. The van der Waals surface area contributed by atoms with Gasteiger partial charge in [0.05, 0.1) is 0 Å². The summed E-state index contributed by atoms with van der Waals surface area (Å²) in [6, 6.07) is 0. The molecule has 0 bridgehead atoms. The Kier molecular flexibility index (Phi) is 3.47. The zero-order chi connectivity index (χ0) is 17.3. The Labute approximate surface area is 144 Å². The minimum atomic E-state index is -0.121. The van der Waals surface area contributed by atoms with Crippen molar-refractivity contribution in [1.82, 2.24) is 0 Å². The maximum atomic E-state index is 12.9. The van der Waals surface area contributed by atoms with Gasteiger partial charge in [-0.25, -0.2) is 0 Å². The molecule has 24 heavy (non-hydrogen) atoms. The van der Waals surface area contributed by atoms with E-state index >= 15 is 0 Å². The van der Waals surface area contributed by atoms with Gasteiger partial charge < -0.3 is 0 Å². The van der Waals surface area contributed by atoms with Crippen molar-refractivity contribution in [3.05, 3.63) is 11.6 Å². The lowest BCUT2D eigenvalue weighted by atomic mass is 9.48. The van der Waals surface area contributed by atoms with Gasteiger partial charge in [-0.2, -0.15) is 0 Å². The van der Waals surface area contributed by atoms with Crippen LogP contribution in [-0.4, -0.2) is 17.3 Å². The first-order valence-electron chi connectivity index (χ1n) is 9.53. The van der Waals surface area contributed by atoms with Crippen molar-refractivity contribution < 1.29 is 14.4 Å². The highest BCUT2D eigenvalue weighted by molar-refractivity contribution is 5.92. The number of carbonyl (C=O) groups excluding carboxylic acids is 3. The number of hydrogen-bond donors (Lipinski definition) is 0. The second kappa shape index (κ2) is 5.12. The van der Waals surface area contributed by atoms with Gasteiger partial charge in [-0.3, -0.25) is 14.4 Å². The Morgan fingerprint density at radius 2 is 1.92 bits per heavy atom. The molecule has 0 aliphatic heterocycles. The van der Waals surface area contributed by atoms with Crippen LogP contribution in [0.15, 0.2) is 11.6 Å². The molecule has 4 rings (SSSR count). The third-order valence-corrected chi connectivity index (χ3v) is 8.14. The molecule has 0 spiro atoms. The number of carbonyl (C=O) groups is 3. The molecule has 3 heteroatoms. The van der Waals surface area contributed by atoms with E-state index in [0.29, 0.717) is 42.7 Å². The molecule has 0 saturated heterocycles. The first-order valence-corrected chi connectivity index (χ1v) is 9.53. The van der Waals surface area contributed by atoms with E-state index in [1.54, 1.807) is 6.92 Å². The van der Waals surface area contributed by atoms with Crippen molar-refractivity contribution in [2.45, 2.75) is 65.7 Å². The number of ketones is 3. The van der Waals surface area contributed by atoms with Crippen LogP contribution in [0, 0.1) is 34.5 Å². The molecular formula is C21H28O3. The first-order chi connectivity index (χ1) is 11.3.